The average molecular weight is 340 g/mol. The summed E-state index contributed by atoms with van der Waals surface area (Å²) in [6.45, 7) is 1.83. The molecule has 0 aliphatic rings. The van der Waals surface area contributed by atoms with Crippen LogP contribution < -0.4 is 16.2 Å². The fourth-order valence-electron chi connectivity index (χ4n) is 2.01. The van der Waals surface area contributed by atoms with E-state index in [1.807, 2.05) is 0 Å². The van der Waals surface area contributed by atoms with Crippen molar-refractivity contribution in [2.24, 2.45) is 0 Å². The number of aryl methyl sites for hydroxylation is 1. The molecule has 0 fully saturated rings. The lowest BCUT2D eigenvalue weighted by Crippen LogP contribution is -2.34. The van der Waals surface area contributed by atoms with Gasteiger partial charge in [-0.05, 0) is 19.1 Å². The number of urea groups is 1. The molecule has 2 amide bonds. The highest BCUT2D eigenvalue weighted by Gasteiger charge is 2.33. The van der Waals surface area contributed by atoms with Crippen molar-refractivity contribution in [3.63, 3.8) is 0 Å². The Kier molecular flexibility index (Phi) is 5.22. The van der Waals surface area contributed by atoms with E-state index in [1.54, 1.807) is 6.92 Å². The molecule has 2 N–H and O–H groups in total. The number of alkyl halides is 3. The van der Waals surface area contributed by atoms with Crippen LogP contribution >= 0.6 is 0 Å². The number of benzene rings is 1. The summed E-state index contributed by atoms with van der Waals surface area (Å²) < 4.78 is 39.8. The molecule has 9 heteroatoms. The summed E-state index contributed by atoms with van der Waals surface area (Å²) in [5.74, 6) is 0. The Morgan fingerprint density at radius 2 is 2.00 bits per heavy atom. The van der Waals surface area contributed by atoms with Gasteiger partial charge in [0.05, 0.1) is 17.6 Å². The van der Waals surface area contributed by atoms with E-state index in [0.717, 1.165) is 12.1 Å². The van der Waals surface area contributed by atoms with Gasteiger partial charge in [-0.3, -0.25) is 9.36 Å². The molecule has 1 aromatic heterocycles. The van der Waals surface area contributed by atoms with E-state index in [2.05, 4.69) is 15.6 Å². The summed E-state index contributed by atoms with van der Waals surface area (Å²) in [6.07, 6.45) is -1.81. The molecule has 0 unspecified atom stereocenters. The van der Waals surface area contributed by atoms with Crippen molar-refractivity contribution in [1.82, 2.24) is 14.9 Å². The standard InChI is InChI=1S/C15H15F3N4O2/c1-10-8-19-9-22(13(10)23)7-6-20-14(24)21-12-5-3-2-4-11(12)15(16,17)18/h2-5,8-9H,6-7H2,1H3,(H2,20,21,24). The van der Waals surface area contributed by atoms with Crippen LogP contribution in [0.15, 0.2) is 41.6 Å². The Labute approximate surface area is 135 Å². The smallest absolute Gasteiger partial charge is 0.336 e. The molecule has 6 nitrogen and oxygen atoms in total. The zero-order chi connectivity index (χ0) is 17.7. The van der Waals surface area contributed by atoms with Gasteiger partial charge in [-0.15, -0.1) is 0 Å². The Morgan fingerprint density at radius 1 is 1.29 bits per heavy atom. The van der Waals surface area contributed by atoms with Gasteiger partial charge in [-0.1, -0.05) is 12.1 Å². The molecule has 0 radical (unpaired) electrons. The van der Waals surface area contributed by atoms with Crippen molar-refractivity contribution in [1.29, 1.82) is 0 Å². The largest absolute Gasteiger partial charge is 0.418 e. The third-order valence-electron chi connectivity index (χ3n) is 3.19. The van der Waals surface area contributed by atoms with Gasteiger partial charge in [0.2, 0.25) is 0 Å². The summed E-state index contributed by atoms with van der Waals surface area (Å²) in [5, 5.41) is 4.56. The topological polar surface area (TPSA) is 76.0 Å². The maximum absolute atomic E-state index is 12.8. The first-order chi connectivity index (χ1) is 11.3. The first-order valence-electron chi connectivity index (χ1n) is 7.01. The zero-order valence-electron chi connectivity index (χ0n) is 12.7. The van der Waals surface area contributed by atoms with Crippen LogP contribution in [0.4, 0.5) is 23.7 Å². The Bertz CT molecular complexity index is 787. The molecule has 0 aliphatic carbocycles. The first-order valence-corrected chi connectivity index (χ1v) is 7.01. The highest BCUT2D eigenvalue weighted by molar-refractivity contribution is 5.90. The van der Waals surface area contributed by atoms with Crippen LogP contribution in [-0.4, -0.2) is 22.1 Å². The van der Waals surface area contributed by atoms with Crippen molar-refractivity contribution >= 4 is 11.7 Å². The van der Waals surface area contributed by atoms with Gasteiger partial charge in [0, 0.05) is 24.8 Å². The van der Waals surface area contributed by atoms with Gasteiger partial charge in [-0.25, -0.2) is 9.78 Å². The van der Waals surface area contributed by atoms with E-state index in [9.17, 15) is 22.8 Å². The molecule has 24 heavy (non-hydrogen) atoms. The third kappa shape index (κ3) is 4.34. The molecule has 2 rings (SSSR count). The Balaban J connectivity index is 1.95. The predicted octanol–water partition coefficient (Wildman–Crippen LogP) is 2.39. The monoisotopic (exact) mass is 340 g/mol. The van der Waals surface area contributed by atoms with Gasteiger partial charge in [0.1, 0.15) is 0 Å². The molecule has 1 aromatic carbocycles. The second-order valence-corrected chi connectivity index (χ2v) is 5.00. The van der Waals surface area contributed by atoms with E-state index in [1.165, 1.54) is 29.2 Å². The van der Waals surface area contributed by atoms with Crippen LogP contribution in [0.5, 0.6) is 0 Å². The number of hydrogen-bond acceptors (Lipinski definition) is 3. The molecule has 2 aromatic rings. The number of para-hydroxylation sites is 1. The molecular weight excluding hydrogens is 325 g/mol. The average Bonchev–Trinajstić information content (AvgIpc) is 2.51. The van der Waals surface area contributed by atoms with Crippen LogP contribution in [0.2, 0.25) is 0 Å². The molecule has 0 spiro atoms. The number of amides is 2. The van der Waals surface area contributed by atoms with Gasteiger partial charge in [0.25, 0.3) is 5.56 Å². The van der Waals surface area contributed by atoms with Crippen LogP contribution in [-0.2, 0) is 12.7 Å². The van der Waals surface area contributed by atoms with Crippen LogP contribution in [0.25, 0.3) is 0 Å². The summed E-state index contributed by atoms with van der Waals surface area (Å²) in [4.78, 5) is 27.4. The number of halogens is 3. The quantitative estimate of drug-likeness (QED) is 0.897. The van der Waals surface area contributed by atoms with Crippen molar-refractivity contribution in [2.45, 2.75) is 19.6 Å². The molecule has 128 valence electrons. The number of anilines is 1. The summed E-state index contributed by atoms with van der Waals surface area (Å²) >= 11 is 0. The number of nitrogens with one attached hydrogen (secondary N) is 2. The molecule has 0 saturated heterocycles. The number of carbonyl (C=O) groups is 1. The highest BCUT2D eigenvalue weighted by atomic mass is 19.4. The molecule has 0 bridgehead atoms. The van der Waals surface area contributed by atoms with Crippen molar-refractivity contribution in [3.05, 3.63) is 58.3 Å². The number of rotatable bonds is 4. The SMILES string of the molecule is Cc1cncn(CCNC(=O)Nc2ccccc2C(F)(F)F)c1=O. The van der Waals surface area contributed by atoms with E-state index in [0.29, 0.717) is 5.56 Å². The molecule has 0 saturated carbocycles. The Morgan fingerprint density at radius 3 is 2.71 bits per heavy atom. The molecule has 1 heterocycles. The summed E-state index contributed by atoms with van der Waals surface area (Å²) in [6, 6.07) is 3.89. The lowest BCUT2D eigenvalue weighted by Gasteiger charge is -2.14. The molecule has 0 aliphatic heterocycles. The van der Waals surface area contributed by atoms with Crippen LogP contribution in [0, 0.1) is 6.92 Å². The van der Waals surface area contributed by atoms with E-state index in [-0.39, 0.29) is 24.3 Å². The lowest BCUT2D eigenvalue weighted by molar-refractivity contribution is -0.136. The second-order valence-electron chi connectivity index (χ2n) is 5.00. The second kappa shape index (κ2) is 7.16. The summed E-state index contributed by atoms with van der Waals surface area (Å²) in [7, 11) is 0. The fraction of sp³-hybridized carbons (Fsp3) is 0.267. The maximum Gasteiger partial charge on any atom is 0.418 e. The van der Waals surface area contributed by atoms with Gasteiger partial charge < -0.3 is 10.6 Å². The fourth-order valence-corrected chi connectivity index (χ4v) is 2.01. The van der Waals surface area contributed by atoms with Gasteiger partial charge >= 0.3 is 12.2 Å². The number of nitrogens with zero attached hydrogens (tertiary/aromatic N) is 2. The van der Waals surface area contributed by atoms with E-state index in [4.69, 9.17) is 0 Å². The van der Waals surface area contributed by atoms with Crippen LogP contribution in [0.1, 0.15) is 11.1 Å². The molecular formula is C15H15F3N4O2. The predicted molar refractivity (Wildman–Crippen MR) is 81.7 cm³/mol. The van der Waals surface area contributed by atoms with Crippen molar-refractivity contribution in [3.8, 4) is 0 Å². The third-order valence-corrected chi connectivity index (χ3v) is 3.19. The normalized spacial score (nSPS) is 11.2. The first kappa shape index (κ1) is 17.5. The number of aromatic nitrogens is 2. The molecule has 0 atom stereocenters. The lowest BCUT2D eigenvalue weighted by atomic mass is 10.1. The minimum atomic E-state index is -4.57. The van der Waals surface area contributed by atoms with Crippen molar-refractivity contribution < 1.29 is 18.0 Å². The van der Waals surface area contributed by atoms with Crippen molar-refractivity contribution in [2.75, 3.05) is 11.9 Å². The summed E-state index contributed by atoms with van der Waals surface area (Å²) in [5.41, 5.74) is -1.05. The zero-order valence-corrected chi connectivity index (χ0v) is 12.7. The minimum absolute atomic E-state index is 0.0606. The Hall–Kier alpha value is -2.84. The van der Waals surface area contributed by atoms with Crippen LogP contribution in [0.3, 0.4) is 0 Å². The number of carbonyl (C=O) groups excluding carboxylic acids is 1. The van der Waals surface area contributed by atoms with E-state index >= 15 is 0 Å². The minimum Gasteiger partial charge on any atom is -0.336 e. The highest BCUT2D eigenvalue weighted by Crippen LogP contribution is 2.34. The maximum atomic E-state index is 12.8. The van der Waals surface area contributed by atoms with E-state index < -0.39 is 17.8 Å². The number of hydrogen-bond donors (Lipinski definition) is 2. The van der Waals surface area contributed by atoms with Gasteiger partial charge in [0.15, 0.2) is 0 Å². The van der Waals surface area contributed by atoms with Gasteiger partial charge in [-0.2, -0.15) is 13.2 Å².